The van der Waals surface area contributed by atoms with Crippen LogP contribution >= 0.6 is 23.1 Å². The first-order valence-electron chi connectivity index (χ1n) is 10.3. The first kappa shape index (κ1) is 23.1. The Hall–Kier alpha value is -3.11. The van der Waals surface area contributed by atoms with Gasteiger partial charge in [-0.1, -0.05) is 36.4 Å². The number of nitrogens with one attached hydrogen (secondary N) is 1. The van der Waals surface area contributed by atoms with Gasteiger partial charge in [-0.25, -0.2) is 4.79 Å². The van der Waals surface area contributed by atoms with Crippen LogP contribution in [0.3, 0.4) is 0 Å². The van der Waals surface area contributed by atoms with Crippen LogP contribution in [-0.2, 0) is 41.7 Å². The van der Waals surface area contributed by atoms with Crippen LogP contribution in [0.25, 0.3) is 0 Å². The Morgan fingerprint density at radius 2 is 1.88 bits per heavy atom. The Morgan fingerprint density at radius 3 is 2.58 bits per heavy atom. The maximum atomic E-state index is 13.0. The number of carbonyl (C=O) groups is 4. The van der Waals surface area contributed by atoms with Crippen LogP contribution in [0.15, 0.2) is 59.1 Å². The molecule has 8 nitrogen and oxygen atoms in total. The van der Waals surface area contributed by atoms with Crippen molar-refractivity contribution in [1.82, 2.24) is 10.2 Å². The molecule has 0 saturated carbocycles. The predicted molar refractivity (Wildman–Crippen MR) is 123 cm³/mol. The molecular formula is C23H22N2O6S2. The van der Waals surface area contributed by atoms with Crippen molar-refractivity contribution < 1.29 is 28.7 Å². The number of esters is 2. The number of hydrogen-bond donors (Lipinski definition) is 1. The molecule has 172 valence electrons. The van der Waals surface area contributed by atoms with Crippen LogP contribution in [0.2, 0.25) is 0 Å². The van der Waals surface area contributed by atoms with Gasteiger partial charge in [0.1, 0.15) is 30.3 Å². The van der Waals surface area contributed by atoms with Gasteiger partial charge in [0.15, 0.2) is 0 Å². The highest BCUT2D eigenvalue weighted by Crippen LogP contribution is 2.40. The van der Waals surface area contributed by atoms with Crippen LogP contribution in [0.4, 0.5) is 0 Å². The molecule has 1 N–H and O–H groups in total. The zero-order valence-electron chi connectivity index (χ0n) is 17.8. The number of thioether (sulfide) groups is 1. The number of ether oxygens (including phenoxy) is 2. The predicted octanol–water partition coefficient (Wildman–Crippen LogP) is 2.25. The van der Waals surface area contributed by atoms with Crippen LogP contribution in [0.5, 0.6) is 0 Å². The van der Waals surface area contributed by atoms with Crippen LogP contribution in [0.1, 0.15) is 17.4 Å². The lowest BCUT2D eigenvalue weighted by Crippen LogP contribution is -2.70. The summed E-state index contributed by atoms with van der Waals surface area (Å²) in [7, 11) is 0. The van der Waals surface area contributed by atoms with E-state index in [2.05, 4.69) is 5.32 Å². The molecule has 2 aromatic rings. The number of amides is 2. The van der Waals surface area contributed by atoms with Crippen LogP contribution < -0.4 is 5.32 Å². The number of nitrogens with zero attached hydrogens (tertiary/aromatic N) is 1. The number of benzene rings is 1. The fraction of sp³-hybridized carbons (Fsp3) is 0.304. The minimum atomic E-state index is -0.727. The SMILES string of the molecule is CC(=O)OCC1=C(C(=O)OCc2ccccc2)N2C(=O)C(NC(=O)Cc3cccs3)[C@H]2SC1. The van der Waals surface area contributed by atoms with E-state index in [1.807, 2.05) is 47.8 Å². The van der Waals surface area contributed by atoms with Crippen LogP contribution in [-0.4, -0.2) is 52.4 Å². The second-order valence-corrected chi connectivity index (χ2v) is 9.64. The molecule has 0 spiro atoms. The molecule has 4 rings (SSSR count). The highest BCUT2D eigenvalue weighted by Gasteiger charge is 2.54. The standard InChI is InChI=1S/C23H22N2O6S2/c1-14(26)30-12-16-13-33-22-19(24-18(27)10-17-8-5-9-32-17)21(28)25(22)20(16)23(29)31-11-15-6-3-2-4-7-15/h2-9,19,22H,10-13H2,1H3,(H,24,27)/t19?,22-/m1/s1. The number of fused-ring (bicyclic) bond motifs is 1. The van der Waals surface area contributed by atoms with E-state index in [0.717, 1.165) is 10.4 Å². The summed E-state index contributed by atoms with van der Waals surface area (Å²) in [6, 6.07) is 12.2. The van der Waals surface area contributed by atoms with Gasteiger partial charge >= 0.3 is 11.9 Å². The third-order valence-electron chi connectivity index (χ3n) is 5.13. The second kappa shape index (κ2) is 10.2. The van der Waals surface area contributed by atoms with E-state index in [-0.39, 0.29) is 31.2 Å². The lowest BCUT2D eigenvalue weighted by molar-refractivity contribution is -0.153. The lowest BCUT2D eigenvalue weighted by Gasteiger charge is -2.49. The molecule has 1 aromatic heterocycles. The quantitative estimate of drug-likeness (QED) is 0.451. The Kier molecular flexibility index (Phi) is 7.14. The van der Waals surface area contributed by atoms with Crippen molar-refractivity contribution in [3.8, 4) is 0 Å². The molecule has 0 radical (unpaired) electrons. The molecule has 1 unspecified atom stereocenters. The average Bonchev–Trinajstić information content (AvgIpc) is 3.32. The summed E-state index contributed by atoms with van der Waals surface area (Å²) in [5, 5.41) is 4.24. The molecule has 0 bridgehead atoms. The smallest absolute Gasteiger partial charge is 0.355 e. The first-order valence-corrected chi connectivity index (χ1v) is 12.2. The van der Waals surface area contributed by atoms with Gasteiger partial charge in [-0.05, 0) is 17.0 Å². The number of rotatable bonds is 8. The zero-order valence-corrected chi connectivity index (χ0v) is 19.4. The van der Waals surface area contributed by atoms with Gasteiger partial charge in [0.2, 0.25) is 5.91 Å². The minimum absolute atomic E-state index is 0.0465. The maximum absolute atomic E-state index is 13.0. The number of carbonyl (C=O) groups excluding carboxylic acids is 4. The maximum Gasteiger partial charge on any atom is 0.355 e. The fourth-order valence-corrected chi connectivity index (χ4v) is 5.59. The highest BCUT2D eigenvalue weighted by molar-refractivity contribution is 8.00. The Morgan fingerprint density at radius 1 is 1.09 bits per heavy atom. The van der Waals surface area contributed by atoms with Gasteiger partial charge in [0.25, 0.3) is 5.91 Å². The summed E-state index contributed by atoms with van der Waals surface area (Å²) in [4.78, 5) is 51.9. The van der Waals surface area contributed by atoms with E-state index in [1.54, 1.807) is 0 Å². The molecular weight excluding hydrogens is 464 g/mol. The fourth-order valence-electron chi connectivity index (χ4n) is 3.56. The van der Waals surface area contributed by atoms with Crippen molar-refractivity contribution in [1.29, 1.82) is 0 Å². The average molecular weight is 487 g/mol. The molecule has 1 fully saturated rings. The van der Waals surface area contributed by atoms with E-state index < -0.39 is 29.3 Å². The monoisotopic (exact) mass is 486 g/mol. The van der Waals surface area contributed by atoms with E-state index in [9.17, 15) is 19.2 Å². The Labute approximate surface area is 198 Å². The summed E-state index contributed by atoms with van der Waals surface area (Å²) >= 11 is 2.88. The van der Waals surface area contributed by atoms with Gasteiger partial charge < -0.3 is 14.8 Å². The van der Waals surface area contributed by atoms with Crippen LogP contribution in [0, 0.1) is 0 Å². The van der Waals surface area contributed by atoms with Crippen molar-refractivity contribution in [2.45, 2.75) is 31.4 Å². The minimum Gasteiger partial charge on any atom is -0.461 e. The summed E-state index contributed by atoms with van der Waals surface area (Å²) in [6.45, 7) is 1.22. The zero-order chi connectivity index (χ0) is 23.4. The van der Waals surface area contributed by atoms with Gasteiger partial charge in [0.05, 0.1) is 6.42 Å². The highest BCUT2D eigenvalue weighted by atomic mass is 32.2. The van der Waals surface area contributed by atoms with Crippen molar-refractivity contribution >= 4 is 46.9 Å². The van der Waals surface area contributed by atoms with Crippen molar-refractivity contribution in [3.05, 3.63) is 69.6 Å². The van der Waals surface area contributed by atoms with Gasteiger partial charge in [-0.2, -0.15) is 0 Å². The molecule has 33 heavy (non-hydrogen) atoms. The van der Waals surface area contributed by atoms with Crippen molar-refractivity contribution in [3.63, 3.8) is 0 Å². The van der Waals surface area contributed by atoms with E-state index in [1.165, 1.54) is 34.9 Å². The topological polar surface area (TPSA) is 102 Å². The summed E-state index contributed by atoms with van der Waals surface area (Å²) in [6.07, 6.45) is 0.193. The molecule has 2 atom stereocenters. The summed E-state index contributed by atoms with van der Waals surface area (Å²) in [5.41, 5.74) is 1.40. The van der Waals surface area contributed by atoms with E-state index in [4.69, 9.17) is 9.47 Å². The molecule has 2 aliphatic heterocycles. The molecule has 3 heterocycles. The van der Waals surface area contributed by atoms with Crippen molar-refractivity contribution in [2.75, 3.05) is 12.4 Å². The number of thiophene rings is 1. The summed E-state index contributed by atoms with van der Waals surface area (Å²) < 4.78 is 10.6. The molecule has 10 heteroatoms. The van der Waals surface area contributed by atoms with Gasteiger partial charge in [0, 0.05) is 23.1 Å². The van der Waals surface area contributed by atoms with E-state index >= 15 is 0 Å². The van der Waals surface area contributed by atoms with E-state index in [0.29, 0.717) is 11.3 Å². The summed E-state index contributed by atoms with van der Waals surface area (Å²) in [5.74, 6) is -1.42. The molecule has 1 aromatic carbocycles. The van der Waals surface area contributed by atoms with Gasteiger partial charge in [-0.15, -0.1) is 23.1 Å². The normalized spacial score (nSPS) is 19.4. The molecule has 2 aliphatic rings. The number of hydrogen-bond acceptors (Lipinski definition) is 8. The molecule has 1 saturated heterocycles. The molecule has 2 amide bonds. The Balaban J connectivity index is 1.47. The second-order valence-electron chi connectivity index (χ2n) is 7.51. The first-order chi connectivity index (χ1) is 15.9. The third kappa shape index (κ3) is 5.28. The lowest BCUT2D eigenvalue weighted by atomic mass is 10.0. The number of β-lactam (4-membered cyclic amide) rings is 1. The van der Waals surface area contributed by atoms with Gasteiger partial charge in [-0.3, -0.25) is 19.3 Å². The largest absolute Gasteiger partial charge is 0.461 e. The Bertz CT molecular complexity index is 1080. The third-order valence-corrected chi connectivity index (χ3v) is 7.35. The van der Waals surface area contributed by atoms with Crippen molar-refractivity contribution in [2.24, 2.45) is 0 Å². The molecule has 0 aliphatic carbocycles.